The topological polar surface area (TPSA) is 80.9 Å². The molecule has 0 atom stereocenters. The van der Waals surface area contributed by atoms with Crippen molar-refractivity contribution in [2.45, 2.75) is 20.3 Å². The summed E-state index contributed by atoms with van der Waals surface area (Å²) >= 11 is 2.92. The summed E-state index contributed by atoms with van der Waals surface area (Å²) in [6.07, 6.45) is 0.702. The fraction of sp³-hybridized carbons (Fsp3) is 0.364. The molecule has 0 spiro atoms. The quantitative estimate of drug-likeness (QED) is 0.907. The second-order valence-corrected chi connectivity index (χ2v) is 5.93. The predicted octanol–water partition coefficient (Wildman–Crippen LogP) is 2.39. The van der Waals surface area contributed by atoms with Gasteiger partial charge in [0.2, 0.25) is 0 Å². The summed E-state index contributed by atoms with van der Waals surface area (Å²) in [4.78, 5) is 21.5. The number of halogens is 1. The van der Waals surface area contributed by atoms with Gasteiger partial charge in [-0.2, -0.15) is 0 Å². The van der Waals surface area contributed by atoms with Gasteiger partial charge in [-0.25, -0.2) is 9.97 Å². The molecule has 0 saturated heterocycles. The van der Waals surface area contributed by atoms with E-state index < -0.39 is 0 Å². The van der Waals surface area contributed by atoms with Crippen LogP contribution in [0.2, 0.25) is 0 Å². The highest BCUT2D eigenvalue weighted by Gasteiger charge is 2.13. The lowest BCUT2D eigenvalue weighted by Gasteiger charge is -1.97. The Bertz CT molecular complexity index is 547. The van der Waals surface area contributed by atoms with Crippen LogP contribution in [0.3, 0.4) is 0 Å². The Kier molecular flexibility index (Phi) is 5.86. The van der Waals surface area contributed by atoms with Crippen molar-refractivity contribution in [1.29, 1.82) is 0 Å². The van der Waals surface area contributed by atoms with E-state index in [0.717, 1.165) is 15.6 Å². The standard InChI is InChI=1S/C11H14N4OS2.ClH/c1-6-7(2)18-11(13-6)15-10(16)8-5-17-9(14-8)3-4-12;/h5H,3-4,12H2,1-2H3,(H,13,15,16);1H. The minimum absolute atomic E-state index is 0. The zero-order chi connectivity index (χ0) is 13.1. The largest absolute Gasteiger partial charge is 0.330 e. The number of nitrogens with zero attached hydrogens (tertiary/aromatic N) is 2. The first kappa shape index (κ1) is 16.0. The van der Waals surface area contributed by atoms with E-state index in [9.17, 15) is 4.79 Å². The van der Waals surface area contributed by atoms with Crippen LogP contribution in [0.4, 0.5) is 5.13 Å². The molecule has 2 aromatic heterocycles. The van der Waals surface area contributed by atoms with Crippen LogP contribution >= 0.6 is 35.1 Å². The van der Waals surface area contributed by atoms with E-state index >= 15 is 0 Å². The Balaban J connectivity index is 0.00000180. The molecule has 0 bridgehead atoms. The average Bonchev–Trinajstić information content (AvgIpc) is 2.88. The smallest absolute Gasteiger partial charge is 0.276 e. The molecule has 0 aromatic carbocycles. The number of aryl methyl sites for hydroxylation is 2. The van der Waals surface area contributed by atoms with E-state index in [4.69, 9.17) is 5.73 Å². The number of hydrogen-bond acceptors (Lipinski definition) is 6. The van der Waals surface area contributed by atoms with Crippen LogP contribution in [0.5, 0.6) is 0 Å². The van der Waals surface area contributed by atoms with E-state index in [0.29, 0.717) is 23.8 Å². The third-order valence-corrected chi connectivity index (χ3v) is 4.29. The van der Waals surface area contributed by atoms with Gasteiger partial charge in [0.1, 0.15) is 5.69 Å². The summed E-state index contributed by atoms with van der Waals surface area (Å²) in [6.45, 7) is 4.44. The lowest BCUT2D eigenvalue weighted by molar-refractivity contribution is 0.102. The highest BCUT2D eigenvalue weighted by Crippen LogP contribution is 2.22. The third-order valence-electron chi connectivity index (χ3n) is 2.39. The number of thiazole rings is 2. The number of hydrogen-bond donors (Lipinski definition) is 2. The average molecular weight is 319 g/mol. The van der Waals surface area contributed by atoms with Crippen LogP contribution in [0.15, 0.2) is 5.38 Å². The van der Waals surface area contributed by atoms with Crippen LogP contribution in [0.25, 0.3) is 0 Å². The first-order valence-electron chi connectivity index (χ1n) is 5.50. The SMILES string of the molecule is Cc1nc(NC(=O)c2csc(CCN)n2)sc1C.Cl. The molecule has 19 heavy (non-hydrogen) atoms. The van der Waals surface area contributed by atoms with Gasteiger partial charge in [0.25, 0.3) is 5.91 Å². The van der Waals surface area contributed by atoms with E-state index in [1.165, 1.54) is 22.7 Å². The molecule has 2 heterocycles. The number of rotatable bonds is 4. The van der Waals surface area contributed by atoms with Crippen LogP contribution in [-0.4, -0.2) is 22.4 Å². The van der Waals surface area contributed by atoms with Gasteiger partial charge in [-0.1, -0.05) is 0 Å². The normalized spacial score (nSPS) is 10.1. The number of carbonyl (C=O) groups is 1. The molecule has 1 amide bonds. The van der Waals surface area contributed by atoms with Crippen molar-refractivity contribution >= 4 is 46.1 Å². The van der Waals surface area contributed by atoms with E-state index in [1.807, 2.05) is 13.8 Å². The summed E-state index contributed by atoms with van der Waals surface area (Å²) in [5, 5.41) is 6.00. The first-order valence-corrected chi connectivity index (χ1v) is 7.19. The maximum Gasteiger partial charge on any atom is 0.276 e. The summed E-state index contributed by atoms with van der Waals surface area (Å²) in [5.41, 5.74) is 6.81. The molecular weight excluding hydrogens is 304 g/mol. The Morgan fingerprint density at radius 1 is 1.42 bits per heavy atom. The maximum atomic E-state index is 11.9. The number of nitrogens with two attached hydrogens (primary N) is 1. The van der Waals surface area contributed by atoms with Crippen molar-refractivity contribution in [2.24, 2.45) is 5.73 Å². The number of nitrogens with one attached hydrogen (secondary N) is 1. The minimum atomic E-state index is -0.219. The number of anilines is 1. The van der Waals surface area contributed by atoms with Gasteiger partial charge in [-0.05, 0) is 20.4 Å². The highest BCUT2D eigenvalue weighted by molar-refractivity contribution is 7.15. The van der Waals surface area contributed by atoms with Crippen molar-refractivity contribution in [3.63, 3.8) is 0 Å². The first-order chi connectivity index (χ1) is 8.60. The van der Waals surface area contributed by atoms with Crippen LogP contribution in [0.1, 0.15) is 26.1 Å². The van der Waals surface area contributed by atoms with E-state index in [2.05, 4.69) is 15.3 Å². The van der Waals surface area contributed by atoms with Gasteiger partial charge < -0.3 is 5.73 Å². The maximum absolute atomic E-state index is 11.9. The number of aromatic nitrogens is 2. The van der Waals surface area contributed by atoms with E-state index in [-0.39, 0.29) is 18.3 Å². The molecule has 0 aliphatic heterocycles. The monoisotopic (exact) mass is 318 g/mol. The van der Waals surface area contributed by atoms with Crippen LogP contribution in [-0.2, 0) is 6.42 Å². The molecule has 0 aliphatic carbocycles. The van der Waals surface area contributed by atoms with Gasteiger partial charge in [0.05, 0.1) is 10.7 Å². The van der Waals surface area contributed by atoms with Crippen molar-refractivity contribution in [3.8, 4) is 0 Å². The second-order valence-electron chi connectivity index (χ2n) is 3.78. The molecule has 0 radical (unpaired) electrons. The Morgan fingerprint density at radius 2 is 2.16 bits per heavy atom. The predicted molar refractivity (Wildman–Crippen MR) is 81.7 cm³/mol. The lowest BCUT2D eigenvalue weighted by atomic mass is 10.4. The lowest BCUT2D eigenvalue weighted by Crippen LogP contribution is -2.12. The molecule has 0 unspecified atom stereocenters. The zero-order valence-corrected chi connectivity index (χ0v) is 13.0. The van der Waals surface area contributed by atoms with E-state index in [1.54, 1.807) is 5.38 Å². The minimum Gasteiger partial charge on any atom is -0.330 e. The molecule has 0 fully saturated rings. The van der Waals surface area contributed by atoms with Crippen LogP contribution < -0.4 is 11.1 Å². The molecule has 2 aromatic rings. The second kappa shape index (κ2) is 6.95. The molecule has 104 valence electrons. The molecule has 0 aliphatic rings. The molecule has 0 saturated carbocycles. The van der Waals surface area contributed by atoms with Gasteiger partial charge >= 0.3 is 0 Å². The summed E-state index contributed by atoms with van der Waals surface area (Å²) in [7, 11) is 0. The molecule has 3 N–H and O–H groups in total. The Labute approximate surface area is 125 Å². The number of amides is 1. The highest BCUT2D eigenvalue weighted by atomic mass is 35.5. The third kappa shape index (κ3) is 3.97. The van der Waals surface area contributed by atoms with Gasteiger partial charge in [-0.15, -0.1) is 35.1 Å². The molecular formula is C11H15ClN4OS2. The van der Waals surface area contributed by atoms with Crippen molar-refractivity contribution < 1.29 is 4.79 Å². The van der Waals surface area contributed by atoms with Gasteiger partial charge in [0, 0.05) is 16.7 Å². The van der Waals surface area contributed by atoms with Gasteiger partial charge in [0.15, 0.2) is 5.13 Å². The Hall–Kier alpha value is -1.02. The fourth-order valence-electron chi connectivity index (χ4n) is 1.34. The number of carbonyl (C=O) groups excluding carboxylic acids is 1. The van der Waals surface area contributed by atoms with Crippen molar-refractivity contribution in [3.05, 3.63) is 26.7 Å². The molecule has 2 rings (SSSR count). The van der Waals surface area contributed by atoms with Crippen LogP contribution in [0, 0.1) is 13.8 Å². The Morgan fingerprint density at radius 3 is 2.74 bits per heavy atom. The summed E-state index contributed by atoms with van der Waals surface area (Å²) in [5.74, 6) is -0.219. The molecule has 8 heteroatoms. The van der Waals surface area contributed by atoms with Gasteiger partial charge in [-0.3, -0.25) is 10.1 Å². The zero-order valence-electron chi connectivity index (χ0n) is 10.6. The molecule has 5 nitrogen and oxygen atoms in total. The van der Waals surface area contributed by atoms with Crippen molar-refractivity contribution in [1.82, 2.24) is 9.97 Å². The van der Waals surface area contributed by atoms with Crippen molar-refractivity contribution in [2.75, 3.05) is 11.9 Å². The fourth-order valence-corrected chi connectivity index (χ4v) is 2.94. The summed E-state index contributed by atoms with van der Waals surface area (Å²) < 4.78 is 0. The summed E-state index contributed by atoms with van der Waals surface area (Å²) in [6, 6.07) is 0.